The molecule has 0 unspecified atom stereocenters. The van der Waals surface area contributed by atoms with Crippen molar-refractivity contribution in [1.82, 2.24) is 14.5 Å². The zero-order chi connectivity index (χ0) is 14.9. The topological polar surface area (TPSA) is 30.7 Å². The normalized spacial score (nSPS) is 11.0. The number of nitrogens with zero attached hydrogens (tertiary/aromatic N) is 3. The monoisotopic (exact) mass is 285 g/mol. The predicted molar refractivity (Wildman–Crippen MR) is 89.0 cm³/mol. The van der Waals surface area contributed by atoms with E-state index in [4.69, 9.17) is 0 Å². The molecule has 0 radical (unpaired) electrons. The lowest BCUT2D eigenvalue weighted by atomic mass is 10.1. The molecule has 3 heteroatoms. The first-order valence-electron chi connectivity index (χ1n) is 7.28. The first-order valence-corrected chi connectivity index (χ1v) is 7.28. The fraction of sp³-hybridized carbons (Fsp3) is 0.0526. The number of pyridine rings is 1. The molecule has 22 heavy (non-hydrogen) atoms. The molecule has 0 atom stereocenters. The summed E-state index contributed by atoms with van der Waals surface area (Å²) in [6.45, 7) is 2.04. The number of para-hydroxylation sites is 2. The zero-order valence-electron chi connectivity index (χ0n) is 12.3. The molecule has 2 aromatic heterocycles. The van der Waals surface area contributed by atoms with Crippen LogP contribution in [0.1, 0.15) is 5.82 Å². The minimum Gasteiger partial charge on any atom is -0.297 e. The summed E-state index contributed by atoms with van der Waals surface area (Å²) >= 11 is 0. The molecule has 0 amide bonds. The first kappa shape index (κ1) is 12.8. The maximum Gasteiger partial charge on any atom is 0.111 e. The molecule has 0 aliphatic rings. The molecule has 0 fully saturated rings. The van der Waals surface area contributed by atoms with Crippen LogP contribution in [0.15, 0.2) is 73.1 Å². The molecule has 2 aromatic carbocycles. The molecule has 0 spiro atoms. The average molecular weight is 285 g/mol. The molecule has 0 aliphatic carbocycles. The lowest BCUT2D eigenvalue weighted by molar-refractivity contribution is 1.00. The van der Waals surface area contributed by atoms with Gasteiger partial charge in [-0.2, -0.15) is 0 Å². The molecule has 4 rings (SSSR count). The van der Waals surface area contributed by atoms with Crippen LogP contribution in [-0.2, 0) is 0 Å². The summed E-state index contributed by atoms with van der Waals surface area (Å²) in [6, 6.07) is 20.7. The van der Waals surface area contributed by atoms with E-state index in [9.17, 15) is 0 Å². The second-order valence-corrected chi connectivity index (χ2v) is 5.28. The van der Waals surface area contributed by atoms with Gasteiger partial charge in [-0.25, -0.2) is 4.98 Å². The van der Waals surface area contributed by atoms with Gasteiger partial charge in [-0.1, -0.05) is 30.3 Å². The summed E-state index contributed by atoms with van der Waals surface area (Å²) < 4.78 is 2.19. The van der Waals surface area contributed by atoms with Gasteiger partial charge < -0.3 is 0 Å². The van der Waals surface area contributed by atoms with Crippen LogP contribution in [0.25, 0.3) is 27.8 Å². The van der Waals surface area contributed by atoms with Gasteiger partial charge in [0.05, 0.1) is 11.0 Å². The van der Waals surface area contributed by atoms with E-state index in [0.717, 1.165) is 33.7 Å². The lowest BCUT2D eigenvalue weighted by Crippen LogP contribution is -1.97. The van der Waals surface area contributed by atoms with E-state index in [1.54, 1.807) is 6.20 Å². The van der Waals surface area contributed by atoms with E-state index in [2.05, 4.69) is 50.9 Å². The van der Waals surface area contributed by atoms with Crippen molar-refractivity contribution in [3.63, 3.8) is 0 Å². The predicted octanol–water partition coefficient (Wildman–Crippen LogP) is 4.40. The highest BCUT2D eigenvalue weighted by Gasteiger charge is 2.09. The van der Waals surface area contributed by atoms with Gasteiger partial charge in [-0.05, 0) is 42.8 Å². The fourth-order valence-corrected chi connectivity index (χ4v) is 2.83. The van der Waals surface area contributed by atoms with Crippen molar-refractivity contribution < 1.29 is 0 Å². The summed E-state index contributed by atoms with van der Waals surface area (Å²) in [6.07, 6.45) is 3.68. The number of rotatable bonds is 2. The van der Waals surface area contributed by atoms with Gasteiger partial charge in [0, 0.05) is 23.6 Å². The third kappa shape index (κ3) is 2.07. The number of benzene rings is 2. The molecular weight excluding hydrogens is 270 g/mol. The first-order chi connectivity index (χ1) is 10.8. The second kappa shape index (κ2) is 5.11. The van der Waals surface area contributed by atoms with Gasteiger partial charge in [0.25, 0.3) is 0 Å². The smallest absolute Gasteiger partial charge is 0.111 e. The Morgan fingerprint density at radius 1 is 0.864 bits per heavy atom. The largest absolute Gasteiger partial charge is 0.297 e. The highest BCUT2D eigenvalue weighted by Crippen LogP contribution is 2.25. The molecule has 4 aromatic rings. The SMILES string of the molecule is Cc1nc2ccccc2n1-c1cccc(-c2cccnc2)c1. The Hall–Kier alpha value is -2.94. The zero-order valence-corrected chi connectivity index (χ0v) is 12.3. The third-order valence-electron chi connectivity index (χ3n) is 3.83. The average Bonchev–Trinajstić information content (AvgIpc) is 2.91. The van der Waals surface area contributed by atoms with Crippen LogP contribution < -0.4 is 0 Å². The number of hydrogen-bond acceptors (Lipinski definition) is 2. The fourth-order valence-electron chi connectivity index (χ4n) is 2.83. The summed E-state index contributed by atoms with van der Waals surface area (Å²) in [4.78, 5) is 8.84. The van der Waals surface area contributed by atoms with Crippen molar-refractivity contribution in [2.75, 3.05) is 0 Å². The molecule has 0 N–H and O–H groups in total. The van der Waals surface area contributed by atoms with Crippen LogP contribution in [0, 0.1) is 6.92 Å². The van der Waals surface area contributed by atoms with Crippen LogP contribution in [0.4, 0.5) is 0 Å². The molecular formula is C19H15N3. The minimum absolute atomic E-state index is 0.990. The van der Waals surface area contributed by atoms with Crippen LogP contribution in [0.5, 0.6) is 0 Å². The molecule has 106 valence electrons. The Bertz CT molecular complexity index is 939. The number of aryl methyl sites for hydroxylation is 1. The minimum atomic E-state index is 0.990. The Morgan fingerprint density at radius 3 is 2.59 bits per heavy atom. The van der Waals surface area contributed by atoms with E-state index in [1.165, 1.54) is 0 Å². The standard InChI is InChI=1S/C19H15N3/c1-14-21-18-9-2-3-10-19(18)22(14)17-8-4-6-15(12-17)16-7-5-11-20-13-16/h2-13H,1H3. The summed E-state index contributed by atoms with van der Waals surface area (Å²) in [5.74, 6) is 0.990. The van der Waals surface area contributed by atoms with Gasteiger partial charge in [0.1, 0.15) is 5.82 Å². The highest BCUT2D eigenvalue weighted by molar-refractivity contribution is 5.79. The Labute approximate surface area is 128 Å². The maximum atomic E-state index is 4.64. The van der Waals surface area contributed by atoms with Gasteiger partial charge in [0.2, 0.25) is 0 Å². The molecule has 0 bridgehead atoms. The van der Waals surface area contributed by atoms with Crippen LogP contribution >= 0.6 is 0 Å². The van der Waals surface area contributed by atoms with Crippen molar-refractivity contribution >= 4 is 11.0 Å². The van der Waals surface area contributed by atoms with Crippen molar-refractivity contribution in [2.45, 2.75) is 6.92 Å². The quantitative estimate of drug-likeness (QED) is 0.546. The van der Waals surface area contributed by atoms with E-state index in [0.29, 0.717) is 0 Å². The molecule has 2 heterocycles. The van der Waals surface area contributed by atoms with Crippen LogP contribution in [0.3, 0.4) is 0 Å². The third-order valence-corrected chi connectivity index (χ3v) is 3.83. The van der Waals surface area contributed by atoms with E-state index in [1.807, 2.05) is 37.4 Å². The van der Waals surface area contributed by atoms with Gasteiger partial charge in [-0.15, -0.1) is 0 Å². The van der Waals surface area contributed by atoms with Crippen LogP contribution in [-0.4, -0.2) is 14.5 Å². The highest BCUT2D eigenvalue weighted by atomic mass is 15.1. The summed E-state index contributed by atoms with van der Waals surface area (Å²) in [7, 11) is 0. The van der Waals surface area contributed by atoms with E-state index in [-0.39, 0.29) is 0 Å². The van der Waals surface area contributed by atoms with Crippen molar-refractivity contribution in [3.8, 4) is 16.8 Å². The van der Waals surface area contributed by atoms with Crippen molar-refractivity contribution in [3.05, 3.63) is 78.9 Å². The van der Waals surface area contributed by atoms with Crippen molar-refractivity contribution in [1.29, 1.82) is 0 Å². The Balaban J connectivity index is 1.91. The number of aromatic nitrogens is 3. The maximum absolute atomic E-state index is 4.64. The Kier molecular flexibility index (Phi) is 2.97. The molecule has 0 saturated carbocycles. The summed E-state index contributed by atoms with van der Waals surface area (Å²) in [5, 5.41) is 0. The van der Waals surface area contributed by atoms with Crippen LogP contribution in [0.2, 0.25) is 0 Å². The Morgan fingerprint density at radius 2 is 1.73 bits per heavy atom. The van der Waals surface area contributed by atoms with E-state index < -0.39 is 0 Å². The number of hydrogen-bond donors (Lipinski definition) is 0. The molecule has 0 saturated heterocycles. The van der Waals surface area contributed by atoms with Gasteiger partial charge in [-0.3, -0.25) is 9.55 Å². The van der Waals surface area contributed by atoms with Gasteiger partial charge in [0.15, 0.2) is 0 Å². The lowest BCUT2D eigenvalue weighted by Gasteiger charge is -2.09. The second-order valence-electron chi connectivity index (χ2n) is 5.28. The van der Waals surface area contributed by atoms with Crippen molar-refractivity contribution in [2.24, 2.45) is 0 Å². The van der Waals surface area contributed by atoms with E-state index >= 15 is 0 Å². The van der Waals surface area contributed by atoms with Gasteiger partial charge >= 0.3 is 0 Å². The molecule has 0 aliphatic heterocycles. The number of fused-ring (bicyclic) bond motifs is 1. The number of imidazole rings is 1. The summed E-state index contributed by atoms with van der Waals surface area (Å²) in [5.41, 5.74) is 5.54. The molecule has 3 nitrogen and oxygen atoms in total.